The van der Waals surface area contributed by atoms with Crippen LogP contribution < -0.4 is 11.1 Å². The van der Waals surface area contributed by atoms with E-state index in [-0.39, 0.29) is 0 Å². The van der Waals surface area contributed by atoms with Crippen molar-refractivity contribution in [2.45, 2.75) is 70.9 Å². The highest BCUT2D eigenvalue weighted by molar-refractivity contribution is 5.86. The van der Waals surface area contributed by atoms with Crippen molar-refractivity contribution in [1.82, 2.24) is 10.2 Å². The van der Waals surface area contributed by atoms with Gasteiger partial charge in [0.2, 0.25) is 0 Å². The number of rotatable bonds is 7. The number of nitrogens with two attached hydrogens (primary N) is 1. The topological polar surface area (TPSA) is 53.6 Å². The molecule has 4 nitrogen and oxygen atoms in total. The predicted molar refractivity (Wildman–Crippen MR) is 146 cm³/mol. The molecule has 0 amide bonds. The first-order valence-corrected chi connectivity index (χ1v) is 13.1. The summed E-state index contributed by atoms with van der Waals surface area (Å²) in [6.45, 7) is 11.3. The molecule has 2 aliphatic heterocycles. The van der Waals surface area contributed by atoms with Crippen molar-refractivity contribution in [2.75, 3.05) is 26.7 Å². The lowest BCUT2D eigenvalue weighted by molar-refractivity contribution is 0.454. The van der Waals surface area contributed by atoms with E-state index in [1.165, 1.54) is 83.4 Å². The van der Waals surface area contributed by atoms with E-state index < -0.39 is 0 Å². The van der Waals surface area contributed by atoms with Gasteiger partial charge in [0.1, 0.15) is 0 Å². The molecule has 0 aromatic heterocycles. The molecular formula is C30H42N4. The Kier molecular flexibility index (Phi) is 8.23. The Morgan fingerprint density at radius 2 is 2.03 bits per heavy atom. The fraction of sp³-hybridized carbons (Fsp3) is 0.500. The first-order valence-electron chi connectivity index (χ1n) is 13.1. The molecule has 182 valence electrons. The third-order valence-electron chi connectivity index (χ3n) is 7.81. The maximum atomic E-state index is 5.50. The van der Waals surface area contributed by atoms with E-state index in [0.29, 0.717) is 12.1 Å². The number of hydrogen-bond acceptors (Lipinski definition) is 4. The van der Waals surface area contributed by atoms with Crippen molar-refractivity contribution in [3.63, 3.8) is 0 Å². The Labute approximate surface area is 206 Å². The molecular weight excluding hydrogens is 416 g/mol. The summed E-state index contributed by atoms with van der Waals surface area (Å²) in [4.78, 5) is 7.38. The molecule has 2 aromatic carbocycles. The molecule has 34 heavy (non-hydrogen) atoms. The molecule has 2 aromatic rings. The van der Waals surface area contributed by atoms with Gasteiger partial charge < -0.3 is 16.0 Å². The van der Waals surface area contributed by atoms with Gasteiger partial charge >= 0.3 is 0 Å². The van der Waals surface area contributed by atoms with E-state index in [1.54, 1.807) is 0 Å². The van der Waals surface area contributed by atoms with Crippen LogP contribution in [0.1, 0.15) is 83.1 Å². The van der Waals surface area contributed by atoms with Crippen LogP contribution in [-0.2, 0) is 12.8 Å². The number of amidine groups is 1. The van der Waals surface area contributed by atoms with Crippen LogP contribution in [0.15, 0.2) is 41.9 Å². The zero-order valence-corrected chi connectivity index (χ0v) is 21.4. The normalized spacial score (nSPS) is 20.5. The van der Waals surface area contributed by atoms with Crippen LogP contribution in [0.25, 0.3) is 6.08 Å². The van der Waals surface area contributed by atoms with Gasteiger partial charge in [0, 0.05) is 25.6 Å². The summed E-state index contributed by atoms with van der Waals surface area (Å²) < 4.78 is 0. The molecule has 3 aliphatic rings. The predicted octanol–water partition coefficient (Wildman–Crippen LogP) is 5.67. The van der Waals surface area contributed by atoms with Crippen LogP contribution in [0.4, 0.5) is 0 Å². The minimum Gasteiger partial charge on any atom is -0.358 e. The molecule has 1 saturated heterocycles. The third kappa shape index (κ3) is 5.45. The summed E-state index contributed by atoms with van der Waals surface area (Å²) in [5, 5.41) is 3.43. The zero-order chi connectivity index (χ0) is 24.1. The van der Waals surface area contributed by atoms with E-state index in [9.17, 15) is 0 Å². The van der Waals surface area contributed by atoms with Gasteiger partial charge in [-0.2, -0.15) is 0 Å². The molecule has 2 atom stereocenters. The second-order valence-corrected chi connectivity index (χ2v) is 10.0. The largest absolute Gasteiger partial charge is 0.358 e. The van der Waals surface area contributed by atoms with Gasteiger partial charge in [-0.05, 0) is 105 Å². The van der Waals surface area contributed by atoms with Crippen molar-refractivity contribution < 1.29 is 0 Å². The summed E-state index contributed by atoms with van der Waals surface area (Å²) in [5.74, 6) is 1.34. The summed E-state index contributed by atoms with van der Waals surface area (Å²) in [7, 11) is 2.07. The zero-order valence-electron chi connectivity index (χ0n) is 21.4. The molecule has 2 unspecified atom stereocenters. The van der Waals surface area contributed by atoms with E-state index >= 15 is 0 Å². The molecule has 0 bridgehead atoms. The molecule has 4 heteroatoms. The highest BCUT2D eigenvalue weighted by Crippen LogP contribution is 2.35. The van der Waals surface area contributed by atoms with Gasteiger partial charge in [0.05, 0.1) is 11.9 Å². The molecule has 5 rings (SSSR count). The molecule has 2 heterocycles. The lowest BCUT2D eigenvalue weighted by Crippen LogP contribution is -2.21. The average Bonchev–Trinajstić information content (AvgIpc) is 3.56. The maximum Gasteiger partial charge on any atom is 0.0998 e. The number of nitrogens with zero attached hydrogens (tertiary/aromatic N) is 2. The molecule has 0 spiro atoms. The van der Waals surface area contributed by atoms with Gasteiger partial charge in [0.15, 0.2) is 0 Å². The Morgan fingerprint density at radius 3 is 2.76 bits per heavy atom. The summed E-state index contributed by atoms with van der Waals surface area (Å²) >= 11 is 0. The summed E-state index contributed by atoms with van der Waals surface area (Å²) in [5.41, 5.74) is 15.4. The van der Waals surface area contributed by atoms with Crippen LogP contribution in [0.2, 0.25) is 0 Å². The van der Waals surface area contributed by atoms with Crippen molar-refractivity contribution >= 4 is 11.9 Å². The number of unbranched alkanes of at least 4 members (excludes halogenated alkanes) is 1. The van der Waals surface area contributed by atoms with Crippen molar-refractivity contribution in [2.24, 2.45) is 10.7 Å². The number of fused-ring (bicyclic) bond motifs is 2. The molecule has 0 radical (unpaired) electrons. The quantitative estimate of drug-likeness (QED) is 0.526. The number of nitrogens with one attached hydrogen (secondary N) is 1. The highest BCUT2D eigenvalue weighted by Gasteiger charge is 2.30. The van der Waals surface area contributed by atoms with Crippen LogP contribution in [0.5, 0.6) is 0 Å². The summed E-state index contributed by atoms with van der Waals surface area (Å²) in [6.07, 6.45) is 10.3. The standard InChI is InChI=1S/C16H21N3.C14H21N/c1-17-14-7-6-11-4-5-12(9-13(11)14)15-10-19-8-2-3-16(19)18-15;1-4-13-9-11(2)12(3)14(10-13)7-5-6-8-15/h4-5,9,14-15,17H,2-3,6-8,10H2,1H3;4,9-10H,1,5-8,15H2,2-3H3. The fourth-order valence-electron chi connectivity index (χ4n) is 5.60. The fourth-order valence-corrected chi connectivity index (χ4v) is 5.60. The van der Waals surface area contributed by atoms with Crippen LogP contribution in [-0.4, -0.2) is 37.4 Å². The number of benzene rings is 2. The first kappa shape index (κ1) is 24.7. The second-order valence-electron chi connectivity index (χ2n) is 10.0. The van der Waals surface area contributed by atoms with Crippen molar-refractivity contribution in [1.29, 1.82) is 0 Å². The summed E-state index contributed by atoms with van der Waals surface area (Å²) in [6, 6.07) is 12.4. The smallest absolute Gasteiger partial charge is 0.0998 e. The van der Waals surface area contributed by atoms with Crippen molar-refractivity contribution in [3.05, 3.63) is 75.9 Å². The van der Waals surface area contributed by atoms with E-state index in [2.05, 4.69) is 68.0 Å². The van der Waals surface area contributed by atoms with Crippen LogP contribution >= 0.6 is 0 Å². The SMILES string of the molecule is C=Cc1cc(C)c(C)c(CCCCN)c1.CNC1CCc2ccc(C3CN4CCCC4=N3)cc21. The lowest BCUT2D eigenvalue weighted by Gasteiger charge is -2.16. The third-order valence-corrected chi connectivity index (χ3v) is 7.81. The van der Waals surface area contributed by atoms with E-state index in [1.807, 2.05) is 6.08 Å². The Morgan fingerprint density at radius 1 is 1.18 bits per heavy atom. The number of aryl methyl sites for hydroxylation is 3. The van der Waals surface area contributed by atoms with Gasteiger partial charge in [-0.15, -0.1) is 0 Å². The first-order chi connectivity index (χ1) is 16.5. The monoisotopic (exact) mass is 458 g/mol. The molecule has 0 saturated carbocycles. The average molecular weight is 459 g/mol. The van der Waals surface area contributed by atoms with Gasteiger partial charge in [-0.3, -0.25) is 4.99 Å². The number of aliphatic imine (C=N–C) groups is 1. The molecule has 1 aliphatic carbocycles. The van der Waals surface area contributed by atoms with Gasteiger partial charge in [0.25, 0.3) is 0 Å². The number of hydrogen-bond donors (Lipinski definition) is 2. The molecule has 3 N–H and O–H groups in total. The van der Waals surface area contributed by atoms with Gasteiger partial charge in [-0.25, -0.2) is 0 Å². The molecule has 1 fully saturated rings. The minimum atomic E-state index is 0.374. The van der Waals surface area contributed by atoms with Gasteiger partial charge in [-0.1, -0.05) is 43.0 Å². The Bertz CT molecular complexity index is 1040. The Balaban J connectivity index is 0.000000167. The highest BCUT2D eigenvalue weighted by atomic mass is 15.3. The lowest BCUT2D eigenvalue weighted by atomic mass is 9.96. The minimum absolute atomic E-state index is 0.374. The van der Waals surface area contributed by atoms with E-state index in [4.69, 9.17) is 10.7 Å². The van der Waals surface area contributed by atoms with Crippen LogP contribution in [0.3, 0.4) is 0 Å². The van der Waals surface area contributed by atoms with Crippen molar-refractivity contribution in [3.8, 4) is 0 Å². The van der Waals surface area contributed by atoms with E-state index in [0.717, 1.165) is 25.9 Å². The maximum absolute atomic E-state index is 5.50. The van der Waals surface area contributed by atoms with Crippen LogP contribution in [0, 0.1) is 13.8 Å². The second kappa shape index (κ2) is 11.3. The Hall–Kier alpha value is -2.43.